The van der Waals surface area contributed by atoms with Crippen LogP contribution in [0.1, 0.15) is 31.5 Å². The second kappa shape index (κ2) is 5.63. The van der Waals surface area contributed by atoms with E-state index in [1.165, 1.54) is 0 Å². The highest BCUT2D eigenvalue weighted by Gasteiger charge is 2.68. The van der Waals surface area contributed by atoms with E-state index in [4.69, 9.17) is 4.74 Å². The Balaban J connectivity index is 1.58. The molecular formula is C19H25N3O3S. The smallest absolute Gasteiger partial charge is 0.230 e. The predicted octanol–water partition coefficient (Wildman–Crippen LogP) is 1.99. The molecule has 2 amide bonds. The number of amides is 2. The number of thiazole rings is 1. The van der Waals surface area contributed by atoms with Gasteiger partial charge in [0.2, 0.25) is 11.8 Å². The molecule has 1 spiro atoms. The Morgan fingerprint density at radius 3 is 2.85 bits per heavy atom. The topological polar surface area (TPSA) is 62.7 Å². The van der Waals surface area contributed by atoms with Crippen LogP contribution in [0.25, 0.3) is 0 Å². The lowest BCUT2D eigenvalue weighted by atomic mass is 9.76. The average molecular weight is 375 g/mol. The highest BCUT2D eigenvalue weighted by Crippen LogP contribution is 2.53. The summed E-state index contributed by atoms with van der Waals surface area (Å²) < 4.78 is 6.18. The van der Waals surface area contributed by atoms with Crippen molar-refractivity contribution in [2.24, 2.45) is 11.8 Å². The van der Waals surface area contributed by atoms with Crippen LogP contribution in [0.2, 0.25) is 0 Å². The van der Waals surface area contributed by atoms with Gasteiger partial charge in [-0.3, -0.25) is 9.59 Å². The molecule has 6 nitrogen and oxygen atoms in total. The van der Waals surface area contributed by atoms with E-state index in [1.807, 2.05) is 50.1 Å². The highest BCUT2D eigenvalue weighted by atomic mass is 32.1. The van der Waals surface area contributed by atoms with E-state index in [9.17, 15) is 9.59 Å². The molecule has 0 aliphatic carbocycles. The largest absolute Gasteiger partial charge is 0.360 e. The first-order valence-corrected chi connectivity index (χ1v) is 9.85. The van der Waals surface area contributed by atoms with Crippen molar-refractivity contribution >= 4 is 23.2 Å². The third-order valence-corrected chi connectivity index (χ3v) is 6.56. The van der Waals surface area contributed by atoms with E-state index < -0.39 is 17.4 Å². The molecule has 140 valence electrons. The predicted molar refractivity (Wildman–Crippen MR) is 98.5 cm³/mol. The van der Waals surface area contributed by atoms with Gasteiger partial charge < -0.3 is 14.5 Å². The van der Waals surface area contributed by atoms with Crippen LogP contribution in [-0.4, -0.2) is 57.4 Å². The van der Waals surface area contributed by atoms with Gasteiger partial charge in [0.25, 0.3) is 0 Å². The lowest BCUT2D eigenvalue weighted by Gasteiger charge is -2.34. The van der Waals surface area contributed by atoms with Gasteiger partial charge in [-0.05, 0) is 27.7 Å². The fraction of sp³-hybridized carbons (Fsp3) is 0.632. The number of rotatable bonds is 3. The summed E-state index contributed by atoms with van der Waals surface area (Å²) in [5, 5.41) is 2.88. The van der Waals surface area contributed by atoms with Gasteiger partial charge in [0.1, 0.15) is 10.6 Å². The van der Waals surface area contributed by atoms with Gasteiger partial charge in [0.15, 0.2) is 0 Å². The monoisotopic (exact) mass is 375 g/mol. The molecule has 0 N–H and O–H groups in total. The number of fused-ring (bicyclic) bond motifs is 1. The van der Waals surface area contributed by atoms with E-state index in [1.54, 1.807) is 23.3 Å². The Morgan fingerprint density at radius 2 is 2.23 bits per heavy atom. The van der Waals surface area contributed by atoms with Crippen LogP contribution in [0.4, 0.5) is 0 Å². The molecule has 4 atom stereocenters. The maximum Gasteiger partial charge on any atom is 0.230 e. The number of carbonyl (C=O) groups is 2. The molecular weight excluding hydrogens is 350 g/mol. The van der Waals surface area contributed by atoms with Crippen molar-refractivity contribution in [3.8, 4) is 0 Å². The molecule has 0 aromatic carbocycles. The molecule has 2 saturated heterocycles. The van der Waals surface area contributed by atoms with Gasteiger partial charge in [-0.15, -0.1) is 11.3 Å². The van der Waals surface area contributed by atoms with Crippen LogP contribution < -0.4 is 0 Å². The minimum atomic E-state index is -0.645. The lowest BCUT2D eigenvalue weighted by Crippen LogP contribution is -2.47. The number of aryl methyl sites for hydroxylation is 1. The number of carbonyl (C=O) groups excluding carboxylic acids is 2. The fourth-order valence-corrected chi connectivity index (χ4v) is 5.18. The summed E-state index contributed by atoms with van der Waals surface area (Å²) in [4.78, 5) is 34.3. The third-order valence-electron chi connectivity index (χ3n) is 5.61. The zero-order valence-corrected chi connectivity index (χ0v) is 16.7. The molecule has 0 radical (unpaired) electrons. The van der Waals surface area contributed by atoms with E-state index in [0.29, 0.717) is 13.1 Å². The molecule has 2 bridgehead atoms. The minimum Gasteiger partial charge on any atom is -0.360 e. The zero-order valence-electron chi connectivity index (χ0n) is 15.9. The number of aromatic nitrogens is 1. The standard InChI is InChI=1S/C19H25N3O3S/c1-11-9-26-13(20-11)8-21(5)16(23)14-12-6-7-19(25-12)10-22(18(2,3)4)17(24)15(14)19/h6-7,9,12,14-15H,8,10H2,1-5H3. The van der Waals surface area contributed by atoms with Crippen molar-refractivity contribution in [2.45, 2.75) is 51.5 Å². The van der Waals surface area contributed by atoms with Crippen LogP contribution in [0.3, 0.4) is 0 Å². The van der Waals surface area contributed by atoms with Crippen molar-refractivity contribution in [3.63, 3.8) is 0 Å². The molecule has 7 heteroatoms. The summed E-state index contributed by atoms with van der Waals surface area (Å²) in [6.07, 6.45) is 3.65. The molecule has 26 heavy (non-hydrogen) atoms. The van der Waals surface area contributed by atoms with Gasteiger partial charge in [-0.25, -0.2) is 4.98 Å². The van der Waals surface area contributed by atoms with Crippen LogP contribution >= 0.6 is 11.3 Å². The summed E-state index contributed by atoms with van der Waals surface area (Å²) in [5.41, 5.74) is 0.0277. The van der Waals surface area contributed by atoms with Crippen molar-refractivity contribution in [3.05, 3.63) is 28.2 Å². The first-order chi connectivity index (χ1) is 12.1. The Morgan fingerprint density at radius 1 is 1.50 bits per heavy atom. The third kappa shape index (κ3) is 2.52. The molecule has 4 rings (SSSR count). The van der Waals surface area contributed by atoms with Crippen molar-refractivity contribution in [2.75, 3.05) is 13.6 Å². The number of likely N-dealkylation sites (tertiary alicyclic amines) is 1. The SMILES string of the molecule is Cc1csc(CN(C)C(=O)C2C3C=CC4(CN(C(C)(C)C)C(=O)C24)O3)n1. The van der Waals surface area contributed by atoms with Gasteiger partial charge >= 0.3 is 0 Å². The highest BCUT2D eigenvalue weighted by molar-refractivity contribution is 7.09. The lowest BCUT2D eigenvalue weighted by molar-refractivity contribution is -0.144. The average Bonchev–Trinajstić information content (AvgIpc) is 3.27. The first-order valence-electron chi connectivity index (χ1n) is 8.97. The van der Waals surface area contributed by atoms with E-state index >= 15 is 0 Å². The fourth-order valence-electron chi connectivity index (χ4n) is 4.36. The van der Waals surface area contributed by atoms with Crippen molar-refractivity contribution < 1.29 is 14.3 Å². The van der Waals surface area contributed by atoms with Crippen LogP contribution in [0.15, 0.2) is 17.5 Å². The van der Waals surface area contributed by atoms with E-state index in [2.05, 4.69) is 4.98 Å². The van der Waals surface area contributed by atoms with Gasteiger partial charge in [-0.1, -0.05) is 12.2 Å². The summed E-state index contributed by atoms with van der Waals surface area (Å²) in [6, 6.07) is 0. The first kappa shape index (κ1) is 17.7. The van der Waals surface area contributed by atoms with Gasteiger partial charge in [0, 0.05) is 23.7 Å². The maximum atomic E-state index is 13.2. The van der Waals surface area contributed by atoms with Gasteiger partial charge in [0.05, 0.1) is 31.0 Å². The summed E-state index contributed by atoms with van der Waals surface area (Å²) in [5.74, 6) is -0.889. The molecule has 3 aliphatic heterocycles. The molecule has 0 saturated carbocycles. The number of hydrogen-bond acceptors (Lipinski definition) is 5. The summed E-state index contributed by atoms with van der Waals surface area (Å²) in [6.45, 7) is 8.98. The minimum absolute atomic E-state index is 0.0289. The molecule has 4 unspecified atom stereocenters. The normalized spacial score (nSPS) is 32.4. The summed E-state index contributed by atoms with van der Waals surface area (Å²) >= 11 is 1.55. The zero-order chi connectivity index (χ0) is 18.9. The van der Waals surface area contributed by atoms with E-state index in [0.717, 1.165) is 10.7 Å². The Bertz CT molecular complexity index is 796. The van der Waals surface area contributed by atoms with E-state index in [-0.39, 0.29) is 23.5 Å². The quantitative estimate of drug-likeness (QED) is 0.758. The maximum absolute atomic E-state index is 13.2. The molecule has 4 heterocycles. The molecule has 2 fully saturated rings. The molecule has 1 aromatic rings. The number of hydrogen-bond donors (Lipinski definition) is 0. The van der Waals surface area contributed by atoms with Crippen LogP contribution in [-0.2, 0) is 20.9 Å². The Labute approximate surface area is 157 Å². The Kier molecular flexibility index (Phi) is 3.83. The van der Waals surface area contributed by atoms with Crippen LogP contribution in [0.5, 0.6) is 0 Å². The number of nitrogens with zero attached hydrogens (tertiary/aromatic N) is 3. The van der Waals surface area contributed by atoms with Crippen molar-refractivity contribution in [1.29, 1.82) is 0 Å². The summed E-state index contributed by atoms with van der Waals surface area (Å²) in [7, 11) is 1.78. The second-order valence-electron chi connectivity index (χ2n) is 8.57. The molecule has 1 aromatic heterocycles. The van der Waals surface area contributed by atoms with Crippen LogP contribution in [0, 0.1) is 18.8 Å². The Hall–Kier alpha value is -1.73. The second-order valence-corrected chi connectivity index (χ2v) is 9.51. The van der Waals surface area contributed by atoms with Crippen molar-refractivity contribution in [1.82, 2.24) is 14.8 Å². The van der Waals surface area contributed by atoms with Gasteiger partial charge in [-0.2, -0.15) is 0 Å². The number of ether oxygens (including phenoxy) is 1. The molecule has 3 aliphatic rings.